The van der Waals surface area contributed by atoms with Crippen molar-refractivity contribution in [2.45, 2.75) is 39.0 Å². The summed E-state index contributed by atoms with van der Waals surface area (Å²) in [7, 11) is 0. The molecule has 1 unspecified atom stereocenters. The number of hydrogen-bond acceptors (Lipinski definition) is 4. The van der Waals surface area contributed by atoms with E-state index in [1.807, 2.05) is 0 Å². The summed E-state index contributed by atoms with van der Waals surface area (Å²) < 4.78 is 0. The normalized spacial score (nSPS) is 11.7. The summed E-state index contributed by atoms with van der Waals surface area (Å²) in [5, 5.41) is 13.0. The van der Waals surface area contributed by atoms with E-state index in [9.17, 15) is 14.4 Å². The van der Waals surface area contributed by atoms with Gasteiger partial charge in [-0.2, -0.15) is 0 Å². The van der Waals surface area contributed by atoms with Gasteiger partial charge in [-0.05, 0) is 25.3 Å². The average Bonchev–Trinajstić information content (AvgIpc) is 2.40. The standard InChI is InChI=1S/C13H25N3O4/c1-2-3-10(6-7-14)4-5-11(17)15-8-12(18)16-9-13(19)20/h10H,2-9,14H2,1H3,(H,15,17)(H,16,18)(H,19,20). The van der Waals surface area contributed by atoms with Crippen LogP contribution in [0.2, 0.25) is 0 Å². The molecule has 0 saturated carbocycles. The third kappa shape index (κ3) is 10.3. The van der Waals surface area contributed by atoms with Crippen molar-refractivity contribution in [3.8, 4) is 0 Å². The Morgan fingerprint density at radius 3 is 2.25 bits per heavy atom. The molecule has 0 fully saturated rings. The fourth-order valence-corrected chi connectivity index (χ4v) is 1.92. The lowest BCUT2D eigenvalue weighted by molar-refractivity contribution is -0.137. The Morgan fingerprint density at radius 2 is 1.70 bits per heavy atom. The van der Waals surface area contributed by atoms with Crippen molar-refractivity contribution in [3.05, 3.63) is 0 Å². The van der Waals surface area contributed by atoms with E-state index in [4.69, 9.17) is 10.8 Å². The lowest BCUT2D eigenvalue weighted by Gasteiger charge is -2.14. The Bertz CT molecular complexity index is 315. The number of carbonyl (C=O) groups excluding carboxylic acids is 2. The third-order valence-corrected chi connectivity index (χ3v) is 2.93. The Morgan fingerprint density at radius 1 is 1.05 bits per heavy atom. The molecule has 0 saturated heterocycles. The van der Waals surface area contributed by atoms with Gasteiger partial charge in [0.25, 0.3) is 0 Å². The molecule has 0 radical (unpaired) electrons. The average molecular weight is 287 g/mol. The van der Waals surface area contributed by atoms with Crippen molar-refractivity contribution in [1.82, 2.24) is 10.6 Å². The molecular formula is C13H25N3O4. The maximum atomic E-state index is 11.6. The van der Waals surface area contributed by atoms with E-state index in [-0.39, 0.29) is 12.5 Å². The van der Waals surface area contributed by atoms with Gasteiger partial charge in [0.05, 0.1) is 6.54 Å². The first-order chi connectivity index (χ1) is 9.49. The van der Waals surface area contributed by atoms with E-state index >= 15 is 0 Å². The topological polar surface area (TPSA) is 122 Å². The summed E-state index contributed by atoms with van der Waals surface area (Å²) in [4.78, 5) is 33.0. The molecule has 20 heavy (non-hydrogen) atoms. The monoisotopic (exact) mass is 287 g/mol. The van der Waals surface area contributed by atoms with E-state index < -0.39 is 18.4 Å². The molecule has 1 atom stereocenters. The second kappa shape index (κ2) is 11.2. The van der Waals surface area contributed by atoms with Crippen LogP contribution in [0.4, 0.5) is 0 Å². The fourth-order valence-electron chi connectivity index (χ4n) is 1.92. The molecule has 5 N–H and O–H groups in total. The molecule has 0 rings (SSSR count). The summed E-state index contributed by atoms with van der Waals surface area (Å²) >= 11 is 0. The summed E-state index contributed by atoms with van der Waals surface area (Å²) in [6.45, 7) is 2.07. The molecule has 0 bridgehead atoms. The molecule has 7 nitrogen and oxygen atoms in total. The number of rotatable bonds is 11. The number of amides is 2. The highest BCUT2D eigenvalue weighted by Gasteiger charge is 2.11. The largest absolute Gasteiger partial charge is 0.480 e. The second-order valence-electron chi connectivity index (χ2n) is 4.72. The zero-order valence-corrected chi connectivity index (χ0v) is 12.0. The van der Waals surface area contributed by atoms with E-state index in [0.29, 0.717) is 18.9 Å². The molecule has 0 aromatic rings. The first-order valence-corrected chi connectivity index (χ1v) is 6.94. The van der Waals surface area contributed by atoms with Crippen molar-refractivity contribution >= 4 is 17.8 Å². The van der Waals surface area contributed by atoms with Crippen LogP contribution < -0.4 is 16.4 Å². The van der Waals surface area contributed by atoms with Crippen LogP contribution in [0.1, 0.15) is 39.0 Å². The number of carboxylic acids is 1. The van der Waals surface area contributed by atoms with Crippen LogP contribution in [0.3, 0.4) is 0 Å². The van der Waals surface area contributed by atoms with Crippen molar-refractivity contribution in [3.63, 3.8) is 0 Å². The van der Waals surface area contributed by atoms with Crippen LogP contribution >= 0.6 is 0 Å². The van der Waals surface area contributed by atoms with Crippen LogP contribution in [0.5, 0.6) is 0 Å². The van der Waals surface area contributed by atoms with Crippen molar-refractivity contribution in [1.29, 1.82) is 0 Å². The van der Waals surface area contributed by atoms with Crippen LogP contribution in [0.25, 0.3) is 0 Å². The number of carbonyl (C=O) groups is 3. The van der Waals surface area contributed by atoms with Crippen LogP contribution in [-0.4, -0.2) is 42.5 Å². The summed E-state index contributed by atoms with van der Waals surface area (Å²) in [5.41, 5.74) is 5.52. The smallest absolute Gasteiger partial charge is 0.322 e. The van der Waals surface area contributed by atoms with Crippen LogP contribution in [-0.2, 0) is 14.4 Å². The molecule has 2 amide bonds. The van der Waals surface area contributed by atoms with Gasteiger partial charge >= 0.3 is 5.97 Å². The lowest BCUT2D eigenvalue weighted by Crippen LogP contribution is -2.39. The fraction of sp³-hybridized carbons (Fsp3) is 0.769. The number of nitrogens with two attached hydrogens (primary N) is 1. The zero-order valence-electron chi connectivity index (χ0n) is 12.0. The van der Waals surface area contributed by atoms with Gasteiger partial charge in [0.15, 0.2) is 0 Å². The van der Waals surface area contributed by atoms with Gasteiger partial charge in [-0.25, -0.2) is 0 Å². The van der Waals surface area contributed by atoms with E-state index in [1.165, 1.54) is 0 Å². The van der Waals surface area contributed by atoms with Gasteiger partial charge in [-0.3, -0.25) is 14.4 Å². The van der Waals surface area contributed by atoms with Gasteiger partial charge in [0, 0.05) is 6.42 Å². The highest BCUT2D eigenvalue weighted by molar-refractivity contribution is 5.86. The second-order valence-corrected chi connectivity index (χ2v) is 4.72. The molecule has 0 heterocycles. The maximum absolute atomic E-state index is 11.6. The first-order valence-electron chi connectivity index (χ1n) is 6.94. The van der Waals surface area contributed by atoms with E-state index in [0.717, 1.165) is 25.7 Å². The van der Waals surface area contributed by atoms with Gasteiger partial charge < -0.3 is 21.5 Å². The van der Waals surface area contributed by atoms with Gasteiger partial charge in [0.2, 0.25) is 11.8 Å². The van der Waals surface area contributed by atoms with Crippen LogP contribution in [0.15, 0.2) is 0 Å². The highest BCUT2D eigenvalue weighted by Crippen LogP contribution is 2.16. The molecule has 0 aliphatic carbocycles. The highest BCUT2D eigenvalue weighted by atomic mass is 16.4. The third-order valence-electron chi connectivity index (χ3n) is 2.93. The number of aliphatic carboxylic acids is 1. The maximum Gasteiger partial charge on any atom is 0.322 e. The molecule has 0 aliphatic rings. The molecule has 116 valence electrons. The number of carboxylic acid groups (broad SMARTS) is 1. The predicted molar refractivity (Wildman–Crippen MR) is 75.0 cm³/mol. The van der Waals surface area contributed by atoms with Gasteiger partial charge in [-0.15, -0.1) is 0 Å². The molecule has 0 aromatic heterocycles. The minimum Gasteiger partial charge on any atom is -0.480 e. The Balaban J connectivity index is 3.81. The van der Waals surface area contributed by atoms with Crippen molar-refractivity contribution in [2.24, 2.45) is 11.7 Å². The van der Waals surface area contributed by atoms with E-state index in [2.05, 4.69) is 17.6 Å². The SMILES string of the molecule is CCCC(CCN)CCC(=O)NCC(=O)NCC(=O)O. The van der Waals surface area contributed by atoms with Crippen molar-refractivity contribution < 1.29 is 19.5 Å². The van der Waals surface area contributed by atoms with Gasteiger partial charge in [-0.1, -0.05) is 19.8 Å². The number of hydrogen-bond donors (Lipinski definition) is 4. The molecule has 7 heteroatoms. The van der Waals surface area contributed by atoms with E-state index in [1.54, 1.807) is 0 Å². The summed E-state index contributed by atoms with van der Waals surface area (Å²) in [6, 6.07) is 0. The van der Waals surface area contributed by atoms with Crippen LogP contribution in [0, 0.1) is 5.92 Å². The van der Waals surface area contributed by atoms with Gasteiger partial charge in [0.1, 0.15) is 6.54 Å². The Kier molecular flexibility index (Phi) is 10.3. The summed E-state index contributed by atoms with van der Waals surface area (Å²) in [6.07, 6.45) is 4.12. The first kappa shape index (κ1) is 18.4. The molecule has 0 aromatic carbocycles. The molecule has 0 spiro atoms. The number of nitrogens with one attached hydrogen (secondary N) is 2. The predicted octanol–water partition coefficient (Wildman–Crippen LogP) is -0.151. The summed E-state index contributed by atoms with van der Waals surface area (Å²) in [5.74, 6) is -1.38. The minimum atomic E-state index is -1.12. The molecule has 0 aliphatic heterocycles. The van der Waals surface area contributed by atoms with Crippen molar-refractivity contribution in [2.75, 3.05) is 19.6 Å². The quantitative estimate of drug-likeness (QED) is 0.421. The lowest BCUT2D eigenvalue weighted by atomic mass is 9.94. The zero-order chi connectivity index (χ0) is 15.4. The Hall–Kier alpha value is -1.63. The Labute approximate surface area is 119 Å². The molecular weight excluding hydrogens is 262 g/mol. The minimum absolute atomic E-state index is 0.193.